The highest BCUT2D eigenvalue weighted by molar-refractivity contribution is 6.31. The van der Waals surface area contributed by atoms with Crippen molar-refractivity contribution in [1.29, 1.82) is 0 Å². The van der Waals surface area contributed by atoms with Crippen molar-refractivity contribution in [2.45, 2.75) is 19.4 Å². The third kappa shape index (κ3) is 2.34. The van der Waals surface area contributed by atoms with Gasteiger partial charge in [-0.3, -0.25) is 9.59 Å². The predicted octanol–water partition coefficient (Wildman–Crippen LogP) is 1.75. The number of hydrogen-bond donors (Lipinski definition) is 1. The molecule has 0 spiro atoms. The molecule has 4 nitrogen and oxygen atoms in total. The van der Waals surface area contributed by atoms with Crippen molar-refractivity contribution in [1.82, 2.24) is 10.2 Å². The Morgan fingerprint density at radius 3 is 2.89 bits per heavy atom. The molecule has 0 aromatic heterocycles. The summed E-state index contributed by atoms with van der Waals surface area (Å²) in [4.78, 5) is 25.5. The molecule has 1 aliphatic heterocycles. The Balaban J connectivity index is 2.39. The minimum absolute atomic E-state index is 0.0326. The first-order valence-corrected chi connectivity index (χ1v) is 6.34. The first-order valence-electron chi connectivity index (χ1n) is 5.96. The van der Waals surface area contributed by atoms with Crippen LogP contribution in [-0.4, -0.2) is 29.8 Å². The van der Waals surface area contributed by atoms with Crippen molar-refractivity contribution < 1.29 is 9.59 Å². The summed E-state index contributed by atoms with van der Waals surface area (Å²) >= 11 is 6.12. The summed E-state index contributed by atoms with van der Waals surface area (Å²) in [5.74, 6) is -0.203. The molecule has 5 heteroatoms. The summed E-state index contributed by atoms with van der Waals surface area (Å²) in [5, 5.41) is 3.28. The van der Waals surface area contributed by atoms with Crippen LogP contribution in [0, 0.1) is 0 Å². The van der Waals surface area contributed by atoms with Gasteiger partial charge in [0.05, 0.1) is 0 Å². The number of carbonyl (C=O) groups is 2. The van der Waals surface area contributed by atoms with Crippen molar-refractivity contribution >= 4 is 23.4 Å². The molecule has 0 bridgehead atoms. The highest BCUT2D eigenvalue weighted by Crippen LogP contribution is 2.29. The van der Waals surface area contributed by atoms with Gasteiger partial charge in [0.25, 0.3) is 0 Å². The Kier molecular flexibility index (Phi) is 3.87. The zero-order valence-electron chi connectivity index (χ0n) is 10.1. The molecule has 2 rings (SSSR count). The second kappa shape index (κ2) is 5.40. The lowest BCUT2D eigenvalue weighted by Crippen LogP contribution is -2.52. The van der Waals surface area contributed by atoms with Crippen LogP contribution >= 0.6 is 11.6 Å². The van der Waals surface area contributed by atoms with Gasteiger partial charge in [0.2, 0.25) is 11.8 Å². The third-order valence-electron chi connectivity index (χ3n) is 3.03. The van der Waals surface area contributed by atoms with E-state index in [2.05, 4.69) is 5.32 Å². The van der Waals surface area contributed by atoms with Gasteiger partial charge in [-0.15, -0.1) is 0 Å². The van der Waals surface area contributed by atoms with E-state index in [0.29, 0.717) is 30.1 Å². The van der Waals surface area contributed by atoms with Gasteiger partial charge in [0.1, 0.15) is 6.04 Å². The largest absolute Gasteiger partial charge is 0.352 e. The number of hydrogen-bond acceptors (Lipinski definition) is 2. The summed E-state index contributed by atoms with van der Waals surface area (Å²) in [7, 11) is 0. The van der Waals surface area contributed by atoms with Gasteiger partial charge in [-0.25, -0.2) is 0 Å². The lowest BCUT2D eigenvalue weighted by molar-refractivity contribution is -0.143. The maximum absolute atomic E-state index is 12.0. The van der Waals surface area contributed by atoms with Crippen molar-refractivity contribution in [3.63, 3.8) is 0 Å². The smallest absolute Gasteiger partial charge is 0.247 e. The summed E-state index contributed by atoms with van der Waals surface area (Å²) in [6.07, 6.45) is 0.383. The second-order valence-electron chi connectivity index (χ2n) is 4.16. The second-order valence-corrected chi connectivity index (χ2v) is 4.56. The molecular formula is C13H15ClN2O2. The zero-order chi connectivity index (χ0) is 13.1. The van der Waals surface area contributed by atoms with Gasteiger partial charge in [0.15, 0.2) is 0 Å². The SMILES string of the molecule is CCC(=O)N1CCNC(=O)C1c1ccccc1Cl. The number of carbonyl (C=O) groups excluding carboxylic acids is 2. The van der Waals surface area contributed by atoms with E-state index in [9.17, 15) is 9.59 Å². The number of amides is 2. The average Bonchev–Trinajstić information content (AvgIpc) is 2.39. The Bertz CT molecular complexity index is 476. The number of piperazine rings is 1. The number of nitrogens with one attached hydrogen (secondary N) is 1. The number of rotatable bonds is 2. The molecule has 1 aromatic rings. The molecule has 96 valence electrons. The molecule has 1 N–H and O–H groups in total. The highest BCUT2D eigenvalue weighted by Gasteiger charge is 2.34. The van der Waals surface area contributed by atoms with E-state index >= 15 is 0 Å². The molecule has 1 aromatic carbocycles. The van der Waals surface area contributed by atoms with E-state index in [1.165, 1.54) is 0 Å². The Hall–Kier alpha value is -1.55. The molecule has 18 heavy (non-hydrogen) atoms. The van der Waals surface area contributed by atoms with Crippen LogP contribution in [0.2, 0.25) is 5.02 Å². The molecular weight excluding hydrogens is 252 g/mol. The van der Waals surface area contributed by atoms with Crippen LogP contribution < -0.4 is 5.32 Å². The number of halogens is 1. The zero-order valence-corrected chi connectivity index (χ0v) is 10.9. The van der Waals surface area contributed by atoms with Crippen molar-refractivity contribution in [2.24, 2.45) is 0 Å². The minimum Gasteiger partial charge on any atom is -0.352 e. The van der Waals surface area contributed by atoms with Crippen molar-refractivity contribution in [2.75, 3.05) is 13.1 Å². The van der Waals surface area contributed by atoms with Crippen LogP contribution in [0.5, 0.6) is 0 Å². The monoisotopic (exact) mass is 266 g/mol. The van der Waals surface area contributed by atoms with E-state index in [-0.39, 0.29) is 11.8 Å². The number of benzene rings is 1. The lowest BCUT2D eigenvalue weighted by Gasteiger charge is -2.35. The van der Waals surface area contributed by atoms with Gasteiger partial charge in [-0.1, -0.05) is 36.7 Å². The molecule has 1 unspecified atom stereocenters. The van der Waals surface area contributed by atoms with Crippen molar-refractivity contribution in [3.8, 4) is 0 Å². The van der Waals surface area contributed by atoms with Crippen LogP contribution in [0.3, 0.4) is 0 Å². The number of nitrogens with zero attached hydrogens (tertiary/aromatic N) is 1. The van der Waals surface area contributed by atoms with Crippen LogP contribution in [0.25, 0.3) is 0 Å². The average molecular weight is 267 g/mol. The normalized spacial score (nSPS) is 19.6. The van der Waals surface area contributed by atoms with Gasteiger partial charge in [0, 0.05) is 30.1 Å². The summed E-state index contributed by atoms with van der Waals surface area (Å²) < 4.78 is 0. The molecule has 0 aliphatic carbocycles. The summed E-state index contributed by atoms with van der Waals surface area (Å²) in [6, 6.07) is 6.53. The van der Waals surface area contributed by atoms with Crippen LogP contribution in [-0.2, 0) is 9.59 Å². The molecule has 1 fully saturated rings. The fourth-order valence-corrected chi connectivity index (χ4v) is 2.38. The first kappa shape index (κ1) is 12.9. The topological polar surface area (TPSA) is 49.4 Å². The maximum Gasteiger partial charge on any atom is 0.247 e. The molecule has 1 aliphatic rings. The van der Waals surface area contributed by atoms with Gasteiger partial charge >= 0.3 is 0 Å². The predicted molar refractivity (Wildman–Crippen MR) is 69.2 cm³/mol. The first-order chi connectivity index (χ1) is 8.65. The molecule has 0 saturated carbocycles. The Morgan fingerprint density at radius 1 is 1.50 bits per heavy atom. The fraction of sp³-hybridized carbons (Fsp3) is 0.385. The third-order valence-corrected chi connectivity index (χ3v) is 3.38. The molecule has 1 atom stereocenters. The minimum atomic E-state index is -0.611. The summed E-state index contributed by atoms with van der Waals surface area (Å²) in [6.45, 7) is 2.80. The lowest BCUT2D eigenvalue weighted by atomic mass is 10.0. The van der Waals surface area contributed by atoms with Gasteiger partial charge < -0.3 is 10.2 Å². The quantitative estimate of drug-likeness (QED) is 0.887. The molecule has 1 heterocycles. The highest BCUT2D eigenvalue weighted by atomic mass is 35.5. The standard InChI is InChI=1S/C13H15ClN2O2/c1-2-11(17)16-8-7-15-13(18)12(16)9-5-3-4-6-10(9)14/h3-6,12H,2,7-8H2,1H3,(H,15,18). The molecule has 0 radical (unpaired) electrons. The fourth-order valence-electron chi connectivity index (χ4n) is 2.14. The molecule has 2 amide bonds. The van der Waals surface area contributed by atoms with E-state index in [1.54, 1.807) is 30.0 Å². The van der Waals surface area contributed by atoms with Crippen molar-refractivity contribution in [3.05, 3.63) is 34.9 Å². The van der Waals surface area contributed by atoms with E-state index in [4.69, 9.17) is 11.6 Å². The summed E-state index contributed by atoms with van der Waals surface area (Å²) in [5.41, 5.74) is 0.679. The Labute approximate surface area is 111 Å². The van der Waals surface area contributed by atoms with E-state index in [1.807, 2.05) is 6.07 Å². The van der Waals surface area contributed by atoms with Crippen LogP contribution in [0.1, 0.15) is 24.9 Å². The van der Waals surface area contributed by atoms with Crippen LogP contribution in [0.4, 0.5) is 0 Å². The van der Waals surface area contributed by atoms with E-state index in [0.717, 1.165) is 0 Å². The Morgan fingerprint density at radius 2 is 2.22 bits per heavy atom. The molecule has 1 saturated heterocycles. The van der Waals surface area contributed by atoms with Gasteiger partial charge in [-0.05, 0) is 6.07 Å². The van der Waals surface area contributed by atoms with Crippen LogP contribution in [0.15, 0.2) is 24.3 Å². The van der Waals surface area contributed by atoms with E-state index < -0.39 is 6.04 Å². The maximum atomic E-state index is 12.0. The van der Waals surface area contributed by atoms with Gasteiger partial charge in [-0.2, -0.15) is 0 Å².